The zero-order chi connectivity index (χ0) is 17.0. The zero-order valence-corrected chi connectivity index (χ0v) is 13.4. The van der Waals surface area contributed by atoms with Gasteiger partial charge in [-0.2, -0.15) is 0 Å². The standard InChI is InChI=1S/C16H16ClN3O3/c1-20(16(22)19-11-5-3-10(17)4-6-11)12-7-8-13(15(18)21)14(9-12)23-2/h3-9H,1-2H3,(H2,18,21)(H,19,22). The number of halogens is 1. The van der Waals surface area contributed by atoms with E-state index in [1.165, 1.54) is 18.1 Å². The number of primary amides is 1. The van der Waals surface area contributed by atoms with E-state index >= 15 is 0 Å². The molecule has 0 saturated heterocycles. The first-order chi connectivity index (χ1) is 10.9. The minimum absolute atomic E-state index is 0.253. The average molecular weight is 334 g/mol. The highest BCUT2D eigenvalue weighted by Gasteiger charge is 2.15. The topological polar surface area (TPSA) is 84.7 Å². The lowest BCUT2D eigenvalue weighted by atomic mass is 10.1. The maximum Gasteiger partial charge on any atom is 0.326 e. The number of nitrogens with two attached hydrogens (primary N) is 1. The van der Waals surface area contributed by atoms with E-state index in [4.69, 9.17) is 22.1 Å². The SMILES string of the molecule is COc1cc(N(C)C(=O)Nc2ccc(Cl)cc2)ccc1C(N)=O. The number of anilines is 2. The molecule has 0 atom stereocenters. The van der Waals surface area contributed by atoms with Crippen LogP contribution in [0.2, 0.25) is 5.02 Å². The number of hydrogen-bond acceptors (Lipinski definition) is 3. The van der Waals surface area contributed by atoms with Crippen molar-refractivity contribution in [2.75, 3.05) is 24.4 Å². The molecule has 0 bridgehead atoms. The minimum Gasteiger partial charge on any atom is -0.496 e. The van der Waals surface area contributed by atoms with Gasteiger partial charge in [-0.05, 0) is 36.4 Å². The van der Waals surface area contributed by atoms with Crippen molar-refractivity contribution in [3.63, 3.8) is 0 Å². The van der Waals surface area contributed by atoms with Crippen LogP contribution in [0.1, 0.15) is 10.4 Å². The molecule has 2 aromatic carbocycles. The van der Waals surface area contributed by atoms with Crippen molar-refractivity contribution in [2.24, 2.45) is 5.73 Å². The Labute approximate surface area is 138 Å². The van der Waals surface area contributed by atoms with E-state index in [2.05, 4.69) is 5.32 Å². The summed E-state index contributed by atoms with van der Waals surface area (Å²) in [6, 6.07) is 11.1. The van der Waals surface area contributed by atoms with Gasteiger partial charge in [0.15, 0.2) is 0 Å². The van der Waals surface area contributed by atoms with Crippen LogP contribution in [-0.2, 0) is 0 Å². The van der Waals surface area contributed by atoms with Crippen LogP contribution in [0.15, 0.2) is 42.5 Å². The molecule has 2 rings (SSSR count). The predicted octanol–water partition coefficient (Wildman–Crippen LogP) is 3.12. The van der Waals surface area contributed by atoms with Crippen LogP contribution >= 0.6 is 11.6 Å². The second-order valence-corrected chi connectivity index (χ2v) is 5.18. The number of methoxy groups -OCH3 is 1. The summed E-state index contributed by atoms with van der Waals surface area (Å²) in [7, 11) is 3.03. The second kappa shape index (κ2) is 7.02. The number of amides is 3. The molecule has 7 heteroatoms. The van der Waals surface area contributed by atoms with Gasteiger partial charge >= 0.3 is 6.03 Å². The molecule has 0 heterocycles. The van der Waals surface area contributed by atoms with Gasteiger partial charge in [0.2, 0.25) is 0 Å². The molecule has 2 aromatic rings. The molecule has 3 N–H and O–H groups in total. The Morgan fingerprint density at radius 2 is 1.83 bits per heavy atom. The van der Waals surface area contributed by atoms with Crippen molar-refractivity contribution in [1.29, 1.82) is 0 Å². The highest BCUT2D eigenvalue weighted by atomic mass is 35.5. The van der Waals surface area contributed by atoms with Gasteiger partial charge in [-0.3, -0.25) is 9.69 Å². The van der Waals surface area contributed by atoms with Crippen molar-refractivity contribution >= 4 is 34.9 Å². The molecule has 0 radical (unpaired) electrons. The van der Waals surface area contributed by atoms with Gasteiger partial charge in [0, 0.05) is 29.5 Å². The summed E-state index contributed by atoms with van der Waals surface area (Å²) in [5, 5.41) is 3.32. The van der Waals surface area contributed by atoms with Gasteiger partial charge in [-0.15, -0.1) is 0 Å². The number of nitrogens with one attached hydrogen (secondary N) is 1. The van der Waals surface area contributed by atoms with Crippen LogP contribution in [0.25, 0.3) is 0 Å². The van der Waals surface area contributed by atoms with E-state index in [0.717, 1.165) is 0 Å². The lowest BCUT2D eigenvalue weighted by Gasteiger charge is -2.19. The Morgan fingerprint density at radius 3 is 2.39 bits per heavy atom. The zero-order valence-electron chi connectivity index (χ0n) is 12.7. The summed E-state index contributed by atoms with van der Waals surface area (Å²) >= 11 is 5.81. The highest BCUT2D eigenvalue weighted by molar-refractivity contribution is 6.30. The van der Waals surface area contributed by atoms with E-state index < -0.39 is 5.91 Å². The Balaban J connectivity index is 2.18. The van der Waals surface area contributed by atoms with Crippen LogP contribution in [0, 0.1) is 0 Å². The maximum atomic E-state index is 12.3. The third-order valence-corrected chi connectivity index (χ3v) is 3.49. The second-order valence-electron chi connectivity index (χ2n) is 4.74. The van der Waals surface area contributed by atoms with Gasteiger partial charge in [0.1, 0.15) is 5.75 Å². The first-order valence-electron chi connectivity index (χ1n) is 6.70. The summed E-state index contributed by atoms with van der Waals surface area (Å²) in [5.74, 6) is -0.289. The largest absolute Gasteiger partial charge is 0.496 e. The first kappa shape index (κ1) is 16.6. The summed E-state index contributed by atoms with van der Waals surface area (Å²) < 4.78 is 5.13. The van der Waals surface area contributed by atoms with Gasteiger partial charge < -0.3 is 15.8 Å². The van der Waals surface area contributed by atoms with Gasteiger partial charge in [0.25, 0.3) is 5.91 Å². The van der Waals surface area contributed by atoms with E-state index in [0.29, 0.717) is 22.1 Å². The summed E-state index contributed by atoms with van der Waals surface area (Å²) in [6.07, 6.45) is 0. The Kier molecular flexibility index (Phi) is 5.08. The maximum absolute atomic E-state index is 12.3. The predicted molar refractivity (Wildman–Crippen MR) is 90.4 cm³/mol. The van der Waals surface area contributed by atoms with Crippen LogP contribution in [0.3, 0.4) is 0 Å². The van der Waals surface area contributed by atoms with Gasteiger partial charge in [-0.25, -0.2) is 4.79 Å². The summed E-state index contributed by atoms with van der Waals surface area (Å²) in [5.41, 5.74) is 6.69. The fraction of sp³-hybridized carbons (Fsp3) is 0.125. The number of rotatable bonds is 4. The third kappa shape index (κ3) is 3.92. The molecule has 23 heavy (non-hydrogen) atoms. The van der Waals surface area contributed by atoms with Gasteiger partial charge in [0.05, 0.1) is 12.7 Å². The summed E-state index contributed by atoms with van der Waals surface area (Å²) in [6.45, 7) is 0. The number of carbonyl (C=O) groups excluding carboxylic acids is 2. The molecule has 0 fully saturated rings. The van der Waals surface area contributed by atoms with E-state index in [-0.39, 0.29) is 11.6 Å². The highest BCUT2D eigenvalue weighted by Crippen LogP contribution is 2.25. The van der Waals surface area contributed by atoms with Crippen LogP contribution in [0.5, 0.6) is 5.75 Å². The quantitative estimate of drug-likeness (QED) is 0.901. The van der Waals surface area contributed by atoms with Crippen molar-refractivity contribution in [3.8, 4) is 5.75 Å². The molecule has 0 aliphatic heterocycles. The third-order valence-electron chi connectivity index (χ3n) is 3.24. The molecule has 0 spiro atoms. The molecular formula is C16H16ClN3O3. The molecule has 0 unspecified atom stereocenters. The number of ether oxygens (including phenoxy) is 1. The molecule has 0 aliphatic rings. The monoisotopic (exact) mass is 333 g/mol. The van der Waals surface area contributed by atoms with Crippen molar-refractivity contribution in [1.82, 2.24) is 0 Å². The smallest absolute Gasteiger partial charge is 0.326 e. The Morgan fingerprint density at radius 1 is 1.17 bits per heavy atom. The molecule has 120 valence electrons. The molecular weight excluding hydrogens is 318 g/mol. The fourth-order valence-electron chi connectivity index (χ4n) is 1.95. The van der Waals surface area contributed by atoms with Crippen LogP contribution in [-0.4, -0.2) is 26.1 Å². The molecule has 0 aromatic heterocycles. The minimum atomic E-state index is -0.596. The lowest BCUT2D eigenvalue weighted by Crippen LogP contribution is -2.31. The normalized spacial score (nSPS) is 10.0. The number of urea groups is 1. The lowest BCUT2D eigenvalue weighted by molar-refractivity contribution is 0.0997. The van der Waals surface area contributed by atoms with E-state index in [1.807, 2.05) is 0 Å². The number of nitrogens with zero attached hydrogens (tertiary/aromatic N) is 1. The average Bonchev–Trinajstić information content (AvgIpc) is 2.55. The number of benzene rings is 2. The molecule has 3 amide bonds. The van der Waals surface area contributed by atoms with Gasteiger partial charge in [-0.1, -0.05) is 11.6 Å². The van der Waals surface area contributed by atoms with Crippen LogP contribution < -0.4 is 20.7 Å². The number of carbonyl (C=O) groups is 2. The van der Waals surface area contributed by atoms with Crippen molar-refractivity contribution < 1.29 is 14.3 Å². The summed E-state index contributed by atoms with van der Waals surface area (Å²) in [4.78, 5) is 25.0. The van der Waals surface area contributed by atoms with Crippen molar-refractivity contribution in [3.05, 3.63) is 53.1 Å². The Bertz CT molecular complexity index is 732. The van der Waals surface area contributed by atoms with Crippen LogP contribution in [0.4, 0.5) is 16.2 Å². The number of hydrogen-bond donors (Lipinski definition) is 2. The Hall–Kier alpha value is -2.73. The molecule has 6 nitrogen and oxygen atoms in total. The first-order valence-corrected chi connectivity index (χ1v) is 7.08. The fourth-order valence-corrected chi connectivity index (χ4v) is 2.08. The molecule has 0 aliphatic carbocycles. The van der Waals surface area contributed by atoms with E-state index in [9.17, 15) is 9.59 Å². The molecule has 0 saturated carbocycles. The van der Waals surface area contributed by atoms with E-state index in [1.54, 1.807) is 43.4 Å². The van der Waals surface area contributed by atoms with Crippen molar-refractivity contribution in [2.45, 2.75) is 0 Å².